The van der Waals surface area contributed by atoms with Crippen LogP contribution in [0.15, 0.2) is 18.2 Å². The lowest BCUT2D eigenvalue weighted by Crippen LogP contribution is -2.28. The molecule has 0 amide bonds. The maximum absolute atomic E-state index is 11.2. The van der Waals surface area contributed by atoms with Crippen LogP contribution in [0.1, 0.15) is 68.6 Å². The molecule has 0 spiro atoms. The summed E-state index contributed by atoms with van der Waals surface area (Å²) in [5, 5.41) is 9.16. The van der Waals surface area contributed by atoms with Gasteiger partial charge in [-0.05, 0) is 38.0 Å². The van der Waals surface area contributed by atoms with Gasteiger partial charge in [0.25, 0.3) is 0 Å². The van der Waals surface area contributed by atoms with E-state index in [-0.39, 0.29) is 5.54 Å². The van der Waals surface area contributed by atoms with E-state index in [4.69, 9.17) is 10.1 Å². The predicted octanol–water partition coefficient (Wildman–Crippen LogP) is 4.15. The lowest BCUT2D eigenvalue weighted by molar-refractivity contribution is 0.0697. The topological polar surface area (TPSA) is 55.1 Å². The number of rotatable bonds is 3. The Hall–Kier alpha value is -1.84. The standard InChI is InChI=1S/C17H22N2O2/c1-11(2)15-18-13-10-12(16(20)21)6-7-14(13)19(15)17(3)8-4-5-9-17/h6-7,10-11H,4-5,8-9H2,1-3H3,(H,20,21). The fourth-order valence-electron chi connectivity index (χ4n) is 3.55. The van der Waals surface area contributed by atoms with Crippen LogP contribution in [0, 0.1) is 0 Å². The number of imidazole rings is 1. The van der Waals surface area contributed by atoms with Crippen molar-refractivity contribution in [1.29, 1.82) is 0 Å². The van der Waals surface area contributed by atoms with Crippen molar-refractivity contribution in [1.82, 2.24) is 9.55 Å². The van der Waals surface area contributed by atoms with E-state index in [9.17, 15) is 4.79 Å². The Labute approximate surface area is 124 Å². The van der Waals surface area contributed by atoms with E-state index in [2.05, 4.69) is 25.3 Å². The van der Waals surface area contributed by atoms with Gasteiger partial charge in [-0.1, -0.05) is 26.7 Å². The number of hydrogen-bond acceptors (Lipinski definition) is 2. The summed E-state index contributed by atoms with van der Waals surface area (Å²) in [6.07, 6.45) is 4.83. The average Bonchev–Trinajstić information content (AvgIpc) is 3.02. The van der Waals surface area contributed by atoms with Gasteiger partial charge in [-0.3, -0.25) is 0 Å². The minimum atomic E-state index is -0.898. The van der Waals surface area contributed by atoms with Crippen LogP contribution in [0.25, 0.3) is 11.0 Å². The smallest absolute Gasteiger partial charge is 0.335 e. The third-order valence-corrected chi connectivity index (χ3v) is 4.66. The molecular formula is C17H22N2O2. The number of aromatic nitrogens is 2. The highest BCUT2D eigenvalue weighted by Crippen LogP contribution is 2.40. The Morgan fingerprint density at radius 2 is 2.00 bits per heavy atom. The van der Waals surface area contributed by atoms with E-state index in [1.807, 2.05) is 6.07 Å². The molecule has 21 heavy (non-hydrogen) atoms. The molecule has 1 aromatic heterocycles. The highest BCUT2D eigenvalue weighted by Gasteiger charge is 2.34. The van der Waals surface area contributed by atoms with Crippen LogP contribution in [-0.2, 0) is 5.54 Å². The number of aromatic carboxylic acids is 1. The van der Waals surface area contributed by atoms with Gasteiger partial charge in [0.05, 0.1) is 16.6 Å². The normalized spacial score (nSPS) is 17.7. The second-order valence-electron chi connectivity index (χ2n) is 6.67. The average molecular weight is 286 g/mol. The SMILES string of the molecule is CC(C)c1nc2cc(C(=O)O)ccc2n1C1(C)CCCC1. The van der Waals surface area contributed by atoms with Gasteiger partial charge in [0, 0.05) is 11.5 Å². The molecular weight excluding hydrogens is 264 g/mol. The van der Waals surface area contributed by atoms with E-state index in [1.165, 1.54) is 25.7 Å². The number of benzene rings is 1. The summed E-state index contributed by atoms with van der Waals surface area (Å²) in [5.41, 5.74) is 2.28. The van der Waals surface area contributed by atoms with Gasteiger partial charge in [0.1, 0.15) is 5.82 Å². The quantitative estimate of drug-likeness (QED) is 0.922. The largest absolute Gasteiger partial charge is 0.478 e. The molecule has 0 saturated heterocycles. The Morgan fingerprint density at radius 1 is 1.33 bits per heavy atom. The van der Waals surface area contributed by atoms with E-state index in [0.717, 1.165) is 16.9 Å². The number of carbonyl (C=O) groups is 1. The summed E-state index contributed by atoms with van der Waals surface area (Å²) in [4.78, 5) is 15.9. The molecule has 1 saturated carbocycles. The van der Waals surface area contributed by atoms with Crippen LogP contribution in [0.2, 0.25) is 0 Å². The molecule has 0 bridgehead atoms. The zero-order chi connectivity index (χ0) is 15.2. The van der Waals surface area contributed by atoms with Crippen molar-refractivity contribution in [3.8, 4) is 0 Å². The predicted molar refractivity (Wildman–Crippen MR) is 82.9 cm³/mol. The summed E-state index contributed by atoms with van der Waals surface area (Å²) < 4.78 is 2.37. The highest BCUT2D eigenvalue weighted by molar-refractivity contribution is 5.92. The fraction of sp³-hybridized carbons (Fsp3) is 0.529. The molecule has 0 radical (unpaired) electrons. The van der Waals surface area contributed by atoms with Crippen molar-refractivity contribution >= 4 is 17.0 Å². The summed E-state index contributed by atoms with van der Waals surface area (Å²) in [7, 11) is 0. The highest BCUT2D eigenvalue weighted by atomic mass is 16.4. The molecule has 0 unspecified atom stereocenters. The van der Waals surface area contributed by atoms with Crippen LogP contribution in [0.5, 0.6) is 0 Å². The molecule has 1 aromatic carbocycles. The van der Waals surface area contributed by atoms with E-state index in [0.29, 0.717) is 11.5 Å². The molecule has 1 N–H and O–H groups in total. The van der Waals surface area contributed by atoms with Crippen molar-refractivity contribution in [2.45, 2.75) is 57.9 Å². The molecule has 1 heterocycles. The van der Waals surface area contributed by atoms with Gasteiger partial charge in [0.2, 0.25) is 0 Å². The van der Waals surface area contributed by atoms with Gasteiger partial charge < -0.3 is 9.67 Å². The van der Waals surface area contributed by atoms with Crippen molar-refractivity contribution in [3.63, 3.8) is 0 Å². The molecule has 1 aliphatic rings. The second kappa shape index (κ2) is 4.86. The summed E-state index contributed by atoms with van der Waals surface area (Å²) in [6, 6.07) is 5.30. The van der Waals surface area contributed by atoms with Crippen LogP contribution >= 0.6 is 0 Å². The first-order valence-electron chi connectivity index (χ1n) is 7.68. The van der Waals surface area contributed by atoms with Crippen LogP contribution in [0.3, 0.4) is 0 Å². The number of carboxylic acids is 1. The van der Waals surface area contributed by atoms with Gasteiger partial charge in [-0.25, -0.2) is 9.78 Å². The van der Waals surface area contributed by atoms with Crippen LogP contribution < -0.4 is 0 Å². The Balaban J connectivity index is 2.25. The van der Waals surface area contributed by atoms with E-state index >= 15 is 0 Å². The maximum atomic E-state index is 11.2. The van der Waals surface area contributed by atoms with Gasteiger partial charge in [0.15, 0.2) is 0 Å². The first kappa shape index (κ1) is 14.1. The first-order chi connectivity index (χ1) is 9.92. The van der Waals surface area contributed by atoms with E-state index < -0.39 is 5.97 Å². The molecule has 0 aliphatic heterocycles. The molecule has 1 aliphatic carbocycles. The third kappa shape index (κ3) is 2.23. The van der Waals surface area contributed by atoms with Gasteiger partial charge in [-0.2, -0.15) is 0 Å². The number of nitrogens with zero attached hydrogens (tertiary/aromatic N) is 2. The zero-order valence-corrected chi connectivity index (χ0v) is 12.9. The number of hydrogen-bond donors (Lipinski definition) is 1. The second-order valence-corrected chi connectivity index (χ2v) is 6.67. The van der Waals surface area contributed by atoms with Crippen LogP contribution in [-0.4, -0.2) is 20.6 Å². The maximum Gasteiger partial charge on any atom is 0.335 e. The minimum absolute atomic E-state index is 0.110. The van der Waals surface area contributed by atoms with Crippen molar-refractivity contribution in [3.05, 3.63) is 29.6 Å². The molecule has 2 aromatic rings. The monoisotopic (exact) mass is 286 g/mol. The molecule has 1 fully saturated rings. The number of fused-ring (bicyclic) bond motifs is 1. The minimum Gasteiger partial charge on any atom is -0.478 e. The lowest BCUT2D eigenvalue weighted by atomic mass is 9.98. The molecule has 0 atom stereocenters. The first-order valence-corrected chi connectivity index (χ1v) is 7.68. The fourth-order valence-corrected chi connectivity index (χ4v) is 3.55. The van der Waals surface area contributed by atoms with Crippen molar-refractivity contribution in [2.24, 2.45) is 0 Å². The van der Waals surface area contributed by atoms with Crippen molar-refractivity contribution < 1.29 is 9.90 Å². The molecule has 112 valence electrons. The van der Waals surface area contributed by atoms with Gasteiger partial charge in [-0.15, -0.1) is 0 Å². The Kier molecular flexibility index (Phi) is 3.27. The molecule has 4 nitrogen and oxygen atoms in total. The molecule has 3 rings (SSSR count). The third-order valence-electron chi connectivity index (χ3n) is 4.66. The number of carboxylic acid groups (broad SMARTS) is 1. The summed E-state index contributed by atoms with van der Waals surface area (Å²) >= 11 is 0. The zero-order valence-electron chi connectivity index (χ0n) is 12.9. The van der Waals surface area contributed by atoms with E-state index in [1.54, 1.807) is 12.1 Å². The summed E-state index contributed by atoms with van der Waals surface area (Å²) in [5.74, 6) is 0.490. The Morgan fingerprint density at radius 3 is 2.57 bits per heavy atom. The van der Waals surface area contributed by atoms with Crippen LogP contribution in [0.4, 0.5) is 0 Å². The Bertz CT molecular complexity index is 694. The summed E-state index contributed by atoms with van der Waals surface area (Å²) in [6.45, 7) is 6.60. The van der Waals surface area contributed by atoms with Gasteiger partial charge >= 0.3 is 5.97 Å². The lowest BCUT2D eigenvalue weighted by Gasteiger charge is -2.30. The molecule has 4 heteroatoms. The van der Waals surface area contributed by atoms with Crippen molar-refractivity contribution in [2.75, 3.05) is 0 Å².